The van der Waals surface area contributed by atoms with E-state index in [0.717, 1.165) is 113 Å². The molecule has 390 valence electrons. The average molecular weight is 964 g/mol. The van der Waals surface area contributed by atoms with Crippen LogP contribution < -0.4 is 5.73 Å². The maximum absolute atomic E-state index is 12.0. The Labute approximate surface area is 424 Å². The molecule has 0 aromatic carbocycles. The van der Waals surface area contributed by atoms with Crippen LogP contribution in [0.25, 0.3) is 0 Å². The minimum absolute atomic E-state index is 0.0640. The van der Waals surface area contributed by atoms with E-state index < -0.39 is 0 Å². The molecule has 12 rings (SSSR count). The van der Waals surface area contributed by atoms with Crippen LogP contribution in [0.1, 0.15) is 184 Å². The van der Waals surface area contributed by atoms with Gasteiger partial charge in [0.2, 0.25) is 0 Å². The van der Waals surface area contributed by atoms with E-state index in [9.17, 15) is 15.0 Å². The molecule has 12 aliphatic rings. The van der Waals surface area contributed by atoms with Crippen LogP contribution in [0.2, 0.25) is 0 Å². The van der Waals surface area contributed by atoms with E-state index in [2.05, 4.69) is 77.3 Å². The predicted octanol–water partition coefficient (Wildman–Crippen LogP) is 11.1. The highest BCUT2D eigenvalue weighted by Gasteiger charge is 2.64. The Bertz CT molecular complexity index is 2150. The van der Waals surface area contributed by atoms with Crippen molar-refractivity contribution in [3.8, 4) is 0 Å². The third-order valence-corrected chi connectivity index (χ3v) is 23.9. The normalized spacial score (nSPS) is 49.4. The van der Waals surface area contributed by atoms with Crippen molar-refractivity contribution in [3.05, 3.63) is 45.6 Å². The number of nitrogens with two attached hydrogens (primary N) is 1. The standard InChI is InChI=1S/C33H51NO3.C29H46N2O2/c1-6-24(35)8-7-15-34-19-20(2)16-30-31(34)22(4)33(37-30)14-12-26-27-10-9-23-17-25(36)11-13-32(23,5)29(27)18-28(26)21(33)3;1-17-13-26-27(31(16-17)12-11-30)19(3)29(33-26)10-8-22-23-6-5-20-14-21(32)7-9-28(20,4)25(23)15-24(22)18(29)2/h9,20,22,25-27,29-31,36H,6-8,10-19H2,1-5H3;5,17,19,21-23,25-27,32H,6-16,30H2,1-4H3/t20-,22+,25-,26-,27-,29-,30+,31-,32-,33-;17-,19+,21-,22-,23-,25-,26+,27-,28-,29-/m00/s1. The van der Waals surface area contributed by atoms with Gasteiger partial charge in [-0.1, -0.05) is 82.9 Å². The lowest BCUT2D eigenvalue weighted by atomic mass is 9.56. The van der Waals surface area contributed by atoms with Crippen LogP contribution in [0.3, 0.4) is 0 Å². The van der Waals surface area contributed by atoms with Gasteiger partial charge in [-0.05, 0) is 199 Å². The fourth-order valence-electron chi connectivity index (χ4n) is 20.3. The molecule has 8 nitrogen and oxygen atoms in total. The first-order valence-electron chi connectivity index (χ1n) is 29.7. The molecule has 2 spiro atoms. The third-order valence-electron chi connectivity index (χ3n) is 23.9. The number of likely N-dealkylation sites (tertiary alicyclic amines) is 2. The zero-order valence-corrected chi connectivity index (χ0v) is 45.5. The quantitative estimate of drug-likeness (QED) is 0.217. The molecule has 0 aromatic rings. The molecule has 0 unspecified atom stereocenters. The number of Topliss-reactive ketones (excluding diaryl/α,β-unsaturated/α-hetero) is 1. The van der Waals surface area contributed by atoms with E-state index in [-0.39, 0.29) is 28.8 Å². The lowest BCUT2D eigenvalue weighted by Gasteiger charge is -2.49. The number of aliphatic hydroxyl groups is 2. The molecule has 8 aliphatic carbocycles. The van der Waals surface area contributed by atoms with Gasteiger partial charge in [0.15, 0.2) is 0 Å². The summed E-state index contributed by atoms with van der Waals surface area (Å²) in [6.45, 7) is 26.8. The van der Waals surface area contributed by atoms with E-state index >= 15 is 0 Å². The Hall–Kier alpha value is -1.65. The molecule has 8 heteroatoms. The number of carbonyl (C=O) groups excluding carboxylic acids is 1. The van der Waals surface area contributed by atoms with Crippen LogP contribution in [0.4, 0.5) is 0 Å². The van der Waals surface area contributed by atoms with Crippen molar-refractivity contribution in [2.75, 3.05) is 32.7 Å². The highest BCUT2D eigenvalue weighted by molar-refractivity contribution is 5.77. The molecule has 70 heavy (non-hydrogen) atoms. The summed E-state index contributed by atoms with van der Waals surface area (Å²) in [5.74, 6) is 7.30. The van der Waals surface area contributed by atoms with E-state index in [1.165, 1.54) is 70.8 Å². The summed E-state index contributed by atoms with van der Waals surface area (Å²) >= 11 is 0. The topological polar surface area (TPSA) is 108 Å². The molecule has 8 fully saturated rings. The van der Waals surface area contributed by atoms with Gasteiger partial charge in [-0.25, -0.2) is 0 Å². The van der Waals surface area contributed by atoms with E-state index in [0.29, 0.717) is 65.6 Å². The molecule has 4 saturated heterocycles. The summed E-state index contributed by atoms with van der Waals surface area (Å²) in [7, 11) is 0. The number of aliphatic hydroxyl groups excluding tert-OH is 2. The second kappa shape index (κ2) is 18.9. The smallest absolute Gasteiger partial charge is 0.132 e. The minimum atomic E-state index is -0.134. The molecular weight excluding hydrogens is 867 g/mol. The average Bonchev–Trinajstić information content (AvgIpc) is 4.06. The number of carbonyl (C=O) groups is 1. The van der Waals surface area contributed by atoms with Gasteiger partial charge in [0.1, 0.15) is 5.78 Å². The largest absolute Gasteiger partial charge is 0.393 e. The van der Waals surface area contributed by atoms with Gasteiger partial charge in [0, 0.05) is 62.9 Å². The number of ketones is 1. The molecule has 0 radical (unpaired) electrons. The maximum atomic E-state index is 12.0. The van der Waals surface area contributed by atoms with Crippen molar-refractivity contribution in [2.24, 2.45) is 75.7 Å². The summed E-state index contributed by atoms with van der Waals surface area (Å²) in [5, 5.41) is 20.7. The van der Waals surface area contributed by atoms with E-state index in [1.54, 1.807) is 33.4 Å². The Morgan fingerprint density at radius 3 is 1.59 bits per heavy atom. The molecule has 4 saturated carbocycles. The van der Waals surface area contributed by atoms with Gasteiger partial charge in [0.05, 0.1) is 35.6 Å². The van der Waals surface area contributed by atoms with Gasteiger partial charge in [-0.2, -0.15) is 0 Å². The first kappa shape index (κ1) is 50.5. The molecule has 0 bridgehead atoms. The fourth-order valence-corrected chi connectivity index (χ4v) is 20.3. The van der Waals surface area contributed by atoms with Crippen molar-refractivity contribution < 1.29 is 24.5 Å². The Balaban J connectivity index is 0.000000153. The second-order valence-electron chi connectivity index (χ2n) is 27.2. The molecule has 4 aliphatic heterocycles. The third kappa shape index (κ3) is 7.90. The van der Waals surface area contributed by atoms with Gasteiger partial charge in [0.25, 0.3) is 0 Å². The molecule has 4 heterocycles. The number of piperidine rings is 2. The summed E-state index contributed by atoms with van der Waals surface area (Å²) < 4.78 is 14.4. The highest BCUT2D eigenvalue weighted by atomic mass is 16.5. The van der Waals surface area contributed by atoms with Gasteiger partial charge < -0.3 is 25.4 Å². The zero-order valence-electron chi connectivity index (χ0n) is 45.5. The minimum Gasteiger partial charge on any atom is -0.393 e. The monoisotopic (exact) mass is 964 g/mol. The summed E-state index contributed by atoms with van der Waals surface area (Å²) in [6.07, 6.45) is 26.2. The number of fused-ring (bicyclic) bond motifs is 12. The van der Waals surface area contributed by atoms with E-state index in [1.807, 2.05) is 6.92 Å². The van der Waals surface area contributed by atoms with Gasteiger partial charge in [-0.15, -0.1) is 0 Å². The molecule has 4 N–H and O–H groups in total. The first-order chi connectivity index (χ1) is 33.5. The van der Waals surface area contributed by atoms with Crippen molar-refractivity contribution in [3.63, 3.8) is 0 Å². The molecule has 20 atom stereocenters. The highest BCUT2D eigenvalue weighted by Crippen LogP contribution is 2.67. The number of nitrogens with zero attached hydrogens (tertiary/aromatic N) is 2. The van der Waals surface area contributed by atoms with Gasteiger partial charge >= 0.3 is 0 Å². The van der Waals surface area contributed by atoms with Crippen LogP contribution >= 0.6 is 0 Å². The zero-order chi connectivity index (χ0) is 49.2. The molecular formula is C62H97N3O5. The number of hydrogen-bond acceptors (Lipinski definition) is 8. The Kier molecular flexibility index (Phi) is 13.6. The number of ether oxygens (including phenoxy) is 2. The summed E-state index contributed by atoms with van der Waals surface area (Å²) in [4.78, 5) is 17.3. The molecule has 0 amide bonds. The summed E-state index contributed by atoms with van der Waals surface area (Å²) in [5.41, 5.74) is 16.3. The Morgan fingerprint density at radius 2 is 1.14 bits per heavy atom. The lowest BCUT2D eigenvalue weighted by molar-refractivity contribution is -0.119. The maximum Gasteiger partial charge on any atom is 0.132 e. The molecule has 0 aromatic heterocycles. The van der Waals surface area contributed by atoms with E-state index in [4.69, 9.17) is 15.2 Å². The van der Waals surface area contributed by atoms with Crippen molar-refractivity contribution in [1.82, 2.24) is 9.80 Å². The van der Waals surface area contributed by atoms with Gasteiger partial charge in [-0.3, -0.25) is 14.6 Å². The lowest BCUT2D eigenvalue weighted by Crippen LogP contribution is -2.53. The first-order valence-corrected chi connectivity index (χ1v) is 29.7. The van der Waals surface area contributed by atoms with Crippen LogP contribution in [0, 0.1) is 70.0 Å². The van der Waals surface area contributed by atoms with Crippen molar-refractivity contribution >= 4 is 5.78 Å². The SMILES string of the molecule is CC1=C2C[C@H]3[C@@H](CC=C4C[C@@H](O)CC[C@@]43C)[C@@H]2CC[C@]12O[C@@H]1C[C@H](C)CN(CCN)[C@H]1[C@H]2C.CCC(=O)CCCN1C[C@@H](C)C[C@H]2O[C@]3(CC[C@@H]4C(=C3C)C[C@H]3[C@H]4CC=C4C[C@@H](O)CC[C@@]43C)[C@H](C)[C@@H]21. The summed E-state index contributed by atoms with van der Waals surface area (Å²) in [6, 6.07) is 1.00. The predicted molar refractivity (Wildman–Crippen MR) is 281 cm³/mol. The van der Waals surface area contributed by atoms with Crippen LogP contribution in [0.15, 0.2) is 45.6 Å². The van der Waals surface area contributed by atoms with Crippen LogP contribution in [-0.4, -0.2) is 106 Å². The number of rotatable bonds is 7. The van der Waals surface area contributed by atoms with Crippen molar-refractivity contribution in [2.45, 2.75) is 232 Å². The van der Waals surface area contributed by atoms with Crippen LogP contribution in [-0.2, 0) is 14.3 Å². The number of allylic oxidation sites excluding steroid dienone is 4. The second-order valence-corrected chi connectivity index (χ2v) is 27.2. The van der Waals surface area contributed by atoms with Crippen molar-refractivity contribution in [1.29, 1.82) is 0 Å². The van der Waals surface area contributed by atoms with Crippen LogP contribution in [0.5, 0.6) is 0 Å². The fraction of sp³-hybridized carbons (Fsp3) is 0.855. The number of hydrogen-bond donors (Lipinski definition) is 3. The Morgan fingerprint density at radius 1 is 0.686 bits per heavy atom.